The largest absolute Gasteiger partial charge is 0.374 e. The maximum Gasteiger partial charge on any atom is 0.0425 e. The molecule has 0 unspecified atom stereocenters. The summed E-state index contributed by atoms with van der Waals surface area (Å²) in [6, 6.07) is 8.57. The van der Waals surface area contributed by atoms with Gasteiger partial charge in [-0.3, -0.25) is 0 Å². The van der Waals surface area contributed by atoms with E-state index in [4.69, 9.17) is 5.73 Å². The van der Waals surface area contributed by atoms with Gasteiger partial charge in [-0.2, -0.15) is 0 Å². The summed E-state index contributed by atoms with van der Waals surface area (Å²) in [5, 5.41) is 0. The van der Waals surface area contributed by atoms with E-state index in [1.807, 2.05) is 0 Å². The molecular weight excluding hydrogens is 232 g/mol. The molecule has 0 saturated carbocycles. The van der Waals surface area contributed by atoms with Gasteiger partial charge in [0.25, 0.3) is 0 Å². The molecule has 0 fully saturated rings. The standard InChI is InChI=1S/C17H30N2/c1-7-17(18,8-2)14-11-9-10-12-15(14)19(6)13-16(3,4)5/h9-12H,7-8,13,18H2,1-6H3. The van der Waals surface area contributed by atoms with Gasteiger partial charge in [-0.1, -0.05) is 52.8 Å². The smallest absolute Gasteiger partial charge is 0.0425 e. The van der Waals surface area contributed by atoms with Crippen LogP contribution >= 0.6 is 0 Å². The van der Waals surface area contributed by atoms with E-state index in [9.17, 15) is 0 Å². The maximum absolute atomic E-state index is 6.59. The summed E-state index contributed by atoms with van der Waals surface area (Å²) in [5.74, 6) is 0. The highest BCUT2D eigenvalue weighted by Crippen LogP contribution is 2.34. The minimum absolute atomic E-state index is 0.220. The quantitative estimate of drug-likeness (QED) is 0.864. The first-order valence-corrected chi connectivity index (χ1v) is 7.33. The van der Waals surface area contributed by atoms with E-state index < -0.39 is 0 Å². The van der Waals surface area contributed by atoms with Gasteiger partial charge in [-0.15, -0.1) is 0 Å². The second-order valence-electron chi connectivity index (χ2n) is 6.80. The Balaban J connectivity index is 3.15. The van der Waals surface area contributed by atoms with Crippen LogP contribution in [0.25, 0.3) is 0 Å². The van der Waals surface area contributed by atoms with Gasteiger partial charge in [0.15, 0.2) is 0 Å². The van der Waals surface area contributed by atoms with Crippen molar-refractivity contribution >= 4 is 5.69 Å². The number of para-hydroxylation sites is 1. The lowest BCUT2D eigenvalue weighted by molar-refractivity contribution is 0.402. The van der Waals surface area contributed by atoms with Crippen LogP contribution in [0.15, 0.2) is 24.3 Å². The highest BCUT2D eigenvalue weighted by atomic mass is 15.1. The van der Waals surface area contributed by atoms with Crippen LogP contribution in [0.4, 0.5) is 5.69 Å². The summed E-state index contributed by atoms with van der Waals surface area (Å²) in [6.07, 6.45) is 1.92. The summed E-state index contributed by atoms with van der Waals surface area (Å²) in [5.41, 5.74) is 9.19. The van der Waals surface area contributed by atoms with Crippen LogP contribution in [0.5, 0.6) is 0 Å². The zero-order valence-electron chi connectivity index (χ0n) is 13.5. The molecular formula is C17H30N2. The van der Waals surface area contributed by atoms with E-state index in [0.717, 1.165) is 19.4 Å². The topological polar surface area (TPSA) is 29.3 Å². The molecule has 2 N–H and O–H groups in total. The zero-order chi connectivity index (χ0) is 14.7. The molecule has 108 valence electrons. The van der Waals surface area contributed by atoms with Crippen LogP contribution in [0.2, 0.25) is 0 Å². The molecule has 2 heteroatoms. The Morgan fingerprint density at radius 1 is 1.05 bits per heavy atom. The molecule has 1 rings (SSSR count). The number of anilines is 1. The molecule has 0 aromatic heterocycles. The number of rotatable bonds is 5. The molecule has 0 atom stereocenters. The van der Waals surface area contributed by atoms with Crippen LogP contribution < -0.4 is 10.6 Å². The Kier molecular flexibility index (Phi) is 5.03. The lowest BCUT2D eigenvalue weighted by Crippen LogP contribution is -2.38. The van der Waals surface area contributed by atoms with E-state index >= 15 is 0 Å². The Labute approximate surface area is 119 Å². The van der Waals surface area contributed by atoms with Crippen molar-refractivity contribution in [2.45, 2.75) is 53.0 Å². The third kappa shape index (κ3) is 3.97. The Bertz CT molecular complexity index is 400. The lowest BCUT2D eigenvalue weighted by atomic mass is 9.84. The van der Waals surface area contributed by atoms with Crippen LogP contribution in [0, 0.1) is 5.41 Å². The molecule has 0 bridgehead atoms. The van der Waals surface area contributed by atoms with Gasteiger partial charge in [0.1, 0.15) is 0 Å². The molecule has 19 heavy (non-hydrogen) atoms. The maximum atomic E-state index is 6.59. The third-order valence-electron chi connectivity index (χ3n) is 3.83. The van der Waals surface area contributed by atoms with Gasteiger partial charge in [0, 0.05) is 24.8 Å². The molecule has 0 spiro atoms. The van der Waals surface area contributed by atoms with Gasteiger partial charge in [-0.05, 0) is 29.9 Å². The zero-order valence-corrected chi connectivity index (χ0v) is 13.5. The fourth-order valence-electron chi connectivity index (χ4n) is 2.66. The summed E-state index contributed by atoms with van der Waals surface area (Å²) in [6.45, 7) is 12.2. The Hall–Kier alpha value is -1.02. The highest BCUT2D eigenvalue weighted by molar-refractivity contribution is 5.56. The van der Waals surface area contributed by atoms with E-state index in [-0.39, 0.29) is 11.0 Å². The molecule has 0 saturated heterocycles. The predicted octanol–water partition coefficient (Wildman–Crippen LogP) is 4.14. The normalized spacial score (nSPS) is 12.6. The Morgan fingerprint density at radius 3 is 2.05 bits per heavy atom. The number of hydrogen-bond donors (Lipinski definition) is 1. The van der Waals surface area contributed by atoms with E-state index in [2.05, 4.69) is 70.8 Å². The van der Waals surface area contributed by atoms with Crippen molar-refractivity contribution in [3.8, 4) is 0 Å². The molecule has 0 radical (unpaired) electrons. The summed E-state index contributed by atoms with van der Waals surface area (Å²) < 4.78 is 0. The SMILES string of the molecule is CCC(N)(CC)c1ccccc1N(C)CC(C)(C)C. The second kappa shape index (κ2) is 5.96. The van der Waals surface area contributed by atoms with Crippen LogP contribution in [0.3, 0.4) is 0 Å². The minimum Gasteiger partial charge on any atom is -0.374 e. The molecule has 0 amide bonds. The van der Waals surface area contributed by atoms with Crippen molar-refractivity contribution in [3.05, 3.63) is 29.8 Å². The van der Waals surface area contributed by atoms with Gasteiger partial charge in [0.2, 0.25) is 0 Å². The average molecular weight is 262 g/mol. The first kappa shape index (κ1) is 16.0. The first-order chi connectivity index (χ1) is 8.73. The van der Waals surface area contributed by atoms with Crippen molar-refractivity contribution in [2.24, 2.45) is 11.1 Å². The lowest BCUT2D eigenvalue weighted by Gasteiger charge is -2.35. The number of benzene rings is 1. The molecule has 2 nitrogen and oxygen atoms in total. The summed E-state index contributed by atoms with van der Waals surface area (Å²) in [7, 11) is 2.16. The summed E-state index contributed by atoms with van der Waals surface area (Å²) >= 11 is 0. The fourth-order valence-corrected chi connectivity index (χ4v) is 2.66. The number of nitrogens with two attached hydrogens (primary N) is 1. The van der Waals surface area contributed by atoms with Gasteiger partial charge < -0.3 is 10.6 Å². The predicted molar refractivity (Wildman–Crippen MR) is 85.6 cm³/mol. The molecule has 0 heterocycles. The molecule has 0 aliphatic heterocycles. The van der Waals surface area contributed by atoms with E-state index in [1.54, 1.807) is 0 Å². The van der Waals surface area contributed by atoms with Gasteiger partial charge in [-0.25, -0.2) is 0 Å². The van der Waals surface area contributed by atoms with Crippen molar-refractivity contribution < 1.29 is 0 Å². The summed E-state index contributed by atoms with van der Waals surface area (Å²) in [4.78, 5) is 2.34. The van der Waals surface area contributed by atoms with Gasteiger partial charge >= 0.3 is 0 Å². The number of nitrogens with zero attached hydrogens (tertiary/aromatic N) is 1. The van der Waals surface area contributed by atoms with Crippen LogP contribution in [-0.2, 0) is 5.54 Å². The minimum atomic E-state index is -0.220. The Morgan fingerprint density at radius 2 is 1.58 bits per heavy atom. The van der Waals surface area contributed by atoms with Gasteiger partial charge in [0.05, 0.1) is 0 Å². The van der Waals surface area contributed by atoms with E-state index in [0.29, 0.717) is 0 Å². The van der Waals surface area contributed by atoms with Crippen LogP contribution in [0.1, 0.15) is 53.0 Å². The fraction of sp³-hybridized carbons (Fsp3) is 0.647. The second-order valence-corrected chi connectivity index (χ2v) is 6.80. The van der Waals surface area contributed by atoms with Crippen LogP contribution in [-0.4, -0.2) is 13.6 Å². The van der Waals surface area contributed by atoms with Crippen molar-refractivity contribution in [2.75, 3.05) is 18.5 Å². The highest BCUT2D eigenvalue weighted by Gasteiger charge is 2.27. The molecule has 1 aromatic carbocycles. The first-order valence-electron chi connectivity index (χ1n) is 7.33. The van der Waals surface area contributed by atoms with Crippen molar-refractivity contribution in [1.82, 2.24) is 0 Å². The molecule has 0 aliphatic carbocycles. The molecule has 0 aliphatic rings. The van der Waals surface area contributed by atoms with E-state index in [1.165, 1.54) is 11.3 Å². The number of hydrogen-bond acceptors (Lipinski definition) is 2. The van der Waals surface area contributed by atoms with Crippen molar-refractivity contribution in [1.29, 1.82) is 0 Å². The van der Waals surface area contributed by atoms with Crippen molar-refractivity contribution in [3.63, 3.8) is 0 Å². The third-order valence-corrected chi connectivity index (χ3v) is 3.83. The molecule has 1 aromatic rings. The average Bonchev–Trinajstić information content (AvgIpc) is 2.36. The monoisotopic (exact) mass is 262 g/mol.